The van der Waals surface area contributed by atoms with Gasteiger partial charge in [-0.25, -0.2) is 0 Å². The Morgan fingerprint density at radius 1 is 1.07 bits per heavy atom. The number of anilines is 1. The summed E-state index contributed by atoms with van der Waals surface area (Å²) < 4.78 is 6.01. The molecule has 0 radical (unpaired) electrons. The van der Waals surface area contributed by atoms with E-state index >= 15 is 0 Å². The number of furan rings is 1. The molecule has 2 aromatic carbocycles. The monoisotopic (exact) mass is 393 g/mol. The van der Waals surface area contributed by atoms with Crippen molar-refractivity contribution in [2.75, 3.05) is 5.32 Å². The summed E-state index contributed by atoms with van der Waals surface area (Å²) in [5, 5.41) is 4.78. The van der Waals surface area contributed by atoms with Crippen molar-refractivity contribution < 1.29 is 9.21 Å². The number of benzene rings is 2. The van der Waals surface area contributed by atoms with Gasteiger partial charge in [0.1, 0.15) is 5.58 Å². The molecule has 1 fully saturated rings. The van der Waals surface area contributed by atoms with E-state index in [-0.39, 0.29) is 5.91 Å². The Morgan fingerprint density at radius 3 is 2.54 bits per heavy atom. The highest BCUT2D eigenvalue weighted by Gasteiger charge is 2.22. The second-order valence-electron chi connectivity index (χ2n) is 7.81. The third-order valence-corrected chi connectivity index (χ3v) is 6.80. The zero-order chi connectivity index (χ0) is 19.5. The van der Waals surface area contributed by atoms with E-state index in [1.54, 1.807) is 0 Å². The van der Waals surface area contributed by atoms with Gasteiger partial charge < -0.3 is 9.73 Å². The Kier molecular flexibility index (Phi) is 5.77. The molecular weight excluding hydrogens is 366 g/mol. The van der Waals surface area contributed by atoms with Gasteiger partial charge in [0.05, 0.1) is 0 Å². The largest absolute Gasteiger partial charge is 0.451 e. The van der Waals surface area contributed by atoms with E-state index in [2.05, 4.69) is 17.4 Å². The molecular formula is C24H27NO2S. The Labute approximate surface area is 170 Å². The number of rotatable bonds is 5. The van der Waals surface area contributed by atoms with Crippen LogP contribution in [0.1, 0.15) is 59.3 Å². The average molecular weight is 394 g/mol. The van der Waals surface area contributed by atoms with Gasteiger partial charge in [0.15, 0.2) is 5.76 Å². The molecule has 0 unspecified atom stereocenters. The maximum atomic E-state index is 13.1. The molecule has 3 aromatic rings. The van der Waals surface area contributed by atoms with Crippen molar-refractivity contribution in [2.45, 2.75) is 57.0 Å². The minimum Gasteiger partial charge on any atom is -0.451 e. The van der Waals surface area contributed by atoms with E-state index in [9.17, 15) is 4.79 Å². The number of hydrogen-bond donors (Lipinski definition) is 1. The zero-order valence-corrected chi connectivity index (χ0v) is 17.4. The van der Waals surface area contributed by atoms with Crippen molar-refractivity contribution in [3.05, 3.63) is 64.9 Å². The number of para-hydroxylation sites is 1. The van der Waals surface area contributed by atoms with Crippen LogP contribution < -0.4 is 5.32 Å². The van der Waals surface area contributed by atoms with E-state index in [1.165, 1.54) is 32.1 Å². The number of thioether (sulfide) groups is 1. The number of carbonyl (C=O) groups is 1. The van der Waals surface area contributed by atoms with E-state index in [0.717, 1.165) is 39.1 Å². The van der Waals surface area contributed by atoms with Gasteiger partial charge in [0.25, 0.3) is 5.91 Å². The first-order chi connectivity index (χ1) is 13.6. The molecule has 4 rings (SSSR count). The van der Waals surface area contributed by atoms with Gasteiger partial charge in [-0.3, -0.25) is 4.79 Å². The van der Waals surface area contributed by atoms with Crippen molar-refractivity contribution in [1.29, 1.82) is 0 Å². The van der Waals surface area contributed by atoms with Crippen LogP contribution in [-0.2, 0) is 5.75 Å². The second-order valence-corrected chi connectivity index (χ2v) is 9.10. The van der Waals surface area contributed by atoms with Gasteiger partial charge in [0.2, 0.25) is 0 Å². The summed E-state index contributed by atoms with van der Waals surface area (Å²) in [5.74, 6) is 1.10. The molecule has 4 heteroatoms. The molecule has 1 aliphatic carbocycles. The molecule has 1 aromatic heterocycles. The molecule has 1 heterocycles. The zero-order valence-electron chi connectivity index (χ0n) is 16.6. The topological polar surface area (TPSA) is 42.2 Å². The Bertz CT molecular complexity index is 965. The SMILES string of the molecule is Cc1cc(C)cc(NC(=O)c2oc3ccccc3c2CSC2CCCCC2)c1. The van der Waals surface area contributed by atoms with Crippen LogP contribution in [0.25, 0.3) is 11.0 Å². The smallest absolute Gasteiger partial charge is 0.291 e. The lowest BCUT2D eigenvalue weighted by Crippen LogP contribution is -2.14. The summed E-state index contributed by atoms with van der Waals surface area (Å²) in [6.45, 7) is 4.08. The number of carbonyl (C=O) groups excluding carboxylic acids is 1. The lowest BCUT2D eigenvalue weighted by molar-refractivity contribution is 0.0998. The fourth-order valence-electron chi connectivity index (χ4n) is 4.09. The molecule has 1 aliphatic rings. The van der Waals surface area contributed by atoms with Crippen LogP contribution in [0.5, 0.6) is 0 Å². The molecule has 0 spiro atoms. The highest BCUT2D eigenvalue weighted by atomic mass is 32.2. The summed E-state index contributed by atoms with van der Waals surface area (Å²) in [5.41, 5.74) is 4.88. The molecule has 1 amide bonds. The molecule has 1 saturated carbocycles. The maximum Gasteiger partial charge on any atom is 0.291 e. The summed E-state index contributed by atoms with van der Waals surface area (Å²) in [6.07, 6.45) is 6.57. The number of nitrogens with one attached hydrogen (secondary N) is 1. The summed E-state index contributed by atoms with van der Waals surface area (Å²) in [7, 11) is 0. The Balaban J connectivity index is 1.60. The van der Waals surface area contributed by atoms with Crippen LogP contribution in [-0.4, -0.2) is 11.2 Å². The van der Waals surface area contributed by atoms with E-state index < -0.39 is 0 Å². The lowest BCUT2D eigenvalue weighted by Gasteiger charge is -2.20. The van der Waals surface area contributed by atoms with Gasteiger partial charge in [-0.15, -0.1) is 0 Å². The highest BCUT2D eigenvalue weighted by molar-refractivity contribution is 7.99. The summed E-state index contributed by atoms with van der Waals surface area (Å²) in [4.78, 5) is 13.1. The molecule has 3 nitrogen and oxygen atoms in total. The summed E-state index contributed by atoms with van der Waals surface area (Å²) >= 11 is 1.97. The average Bonchev–Trinajstić information content (AvgIpc) is 3.05. The van der Waals surface area contributed by atoms with Crippen LogP contribution >= 0.6 is 11.8 Å². The molecule has 0 saturated heterocycles. The third-order valence-electron chi connectivity index (χ3n) is 5.40. The van der Waals surface area contributed by atoms with Crippen LogP contribution in [0, 0.1) is 13.8 Å². The molecule has 28 heavy (non-hydrogen) atoms. The molecule has 1 N–H and O–H groups in total. The molecule has 0 aliphatic heterocycles. The van der Waals surface area contributed by atoms with Crippen LogP contribution in [0.4, 0.5) is 5.69 Å². The van der Waals surface area contributed by atoms with E-state index in [1.807, 2.05) is 55.9 Å². The predicted molar refractivity (Wildman–Crippen MR) is 118 cm³/mol. The third kappa shape index (κ3) is 4.27. The minimum absolute atomic E-state index is 0.166. The fourth-order valence-corrected chi connectivity index (χ4v) is 5.45. The highest BCUT2D eigenvalue weighted by Crippen LogP contribution is 2.35. The van der Waals surface area contributed by atoms with Gasteiger partial charge in [0, 0.05) is 27.6 Å². The van der Waals surface area contributed by atoms with Gasteiger partial charge in [-0.05, 0) is 56.0 Å². The van der Waals surface area contributed by atoms with Crippen LogP contribution in [0.3, 0.4) is 0 Å². The molecule has 0 bridgehead atoms. The van der Waals surface area contributed by atoms with Gasteiger partial charge >= 0.3 is 0 Å². The number of hydrogen-bond acceptors (Lipinski definition) is 3. The van der Waals surface area contributed by atoms with E-state index in [0.29, 0.717) is 11.0 Å². The van der Waals surface area contributed by atoms with Crippen molar-refractivity contribution in [3.63, 3.8) is 0 Å². The molecule has 146 valence electrons. The normalized spacial score (nSPS) is 15.1. The minimum atomic E-state index is -0.166. The van der Waals surface area contributed by atoms with Crippen molar-refractivity contribution in [2.24, 2.45) is 0 Å². The number of amides is 1. The van der Waals surface area contributed by atoms with E-state index in [4.69, 9.17) is 4.42 Å². The van der Waals surface area contributed by atoms with Gasteiger partial charge in [-0.2, -0.15) is 11.8 Å². The summed E-state index contributed by atoms with van der Waals surface area (Å²) in [6, 6.07) is 14.0. The second kappa shape index (κ2) is 8.44. The number of aryl methyl sites for hydroxylation is 2. The molecule has 0 atom stereocenters. The fraction of sp³-hybridized carbons (Fsp3) is 0.375. The van der Waals surface area contributed by atoms with Crippen molar-refractivity contribution >= 4 is 34.3 Å². The predicted octanol–water partition coefficient (Wildman–Crippen LogP) is 6.87. The van der Waals surface area contributed by atoms with Crippen molar-refractivity contribution in [1.82, 2.24) is 0 Å². The standard InChI is InChI=1S/C24H27NO2S/c1-16-12-17(2)14-18(13-16)25-24(26)23-21(15-28-19-8-4-3-5-9-19)20-10-6-7-11-22(20)27-23/h6-7,10-14,19H,3-5,8-9,15H2,1-2H3,(H,25,26). The Hall–Kier alpha value is -2.20. The first-order valence-corrected chi connectivity index (χ1v) is 11.2. The van der Waals surface area contributed by atoms with Crippen LogP contribution in [0.15, 0.2) is 46.9 Å². The lowest BCUT2D eigenvalue weighted by atomic mass is 10.0. The first-order valence-electron chi connectivity index (χ1n) is 10.1. The van der Waals surface area contributed by atoms with Crippen molar-refractivity contribution in [3.8, 4) is 0 Å². The van der Waals surface area contributed by atoms with Crippen LogP contribution in [0.2, 0.25) is 0 Å². The van der Waals surface area contributed by atoms with Gasteiger partial charge in [-0.1, -0.05) is 43.5 Å². The Morgan fingerprint density at radius 2 is 1.79 bits per heavy atom. The number of fused-ring (bicyclic) bond motifs is 1. The first kappa shape index (κ1) is 19.1. The maximum absolute atomic E-state index is 13.1. The quantitative estimate of drug-likeness (QED) is 0.514.